The van der Waals surface area contributed by atoms with Crippen molar-refractivity contribution in [2.75, 3.05) is 36.4 Å². The monoisotopic (exact) mass is 412 g/mol. The molecule has 0 radical (unpaired) electrons. The van der Waals surface area contributed by atoms with Crippen molar-refractivity contribution in [3.63, 3.8) is 0 Å². The van der Waals surface area contributed by atoms with Gasteiger partial charge in [0.1, 0.15) is 0 Å². The molecule has 0 bridgehead atoms. The first kappa shape index (κ1) is 18.9. The van der Waals surface area contributed by atoms with Crippen molar-refractivity contribution >= 4 is 34.3 Å². The molecule has 9 heteroatoms. The number of nitrogens with zero attached hydrogens (tertiary/aromatic N) is 7. The third kappa shape index (κ3) is 4.11. The second-order valence-corrected chi connectivity index (χ2v) is 7.18. The van der Waals surface area contributed by atoms with E-state index >= 15 is 0 Å². The van der Waals surface area contributed by atoms with Crippen molar-refractivity contribution in [2.45, 2.75) is 0 Å². The van der Waals surface area contributed by atoms with Gasteiger partial charge in [-0.05, 0) is 42.5 Å². The summed E-state index contributed by atoms with van der Waals surface area (Å²) in [5.41, 5.74) is 2.99. The Balaban J connectivity index is 1.21. The van der Waals surface area contributed by atoms with Crippen LogP contribution >= 0.6 is 0 Å². The minimum absolute atomic E-state index is 0.00862. The largest absolute Gasteiger partial charge is 0.352 e. The molecule has 1 aliphatic rings. The van der Waals surface area contributed by atoms with E-state index in [4.69, 9.17) is 0 Å². The highest BCUT2D eigenvalue weighted by Gasteiger charge is 2.23. The average Bonchev–Trinajstić information content (AvgIpc) is 2.84. The third-order valence-electron chi connectivity index (χ3n) is 5.19. The zero-order chi connectivity index (χ0) is 21.0. The van der Waals surface area contributed by atoms with E-state index in [-0.39, 0.29) is 5.91 Å². The number of amides is 1. The number of carbonyl (C=O) groups is 1. The van der Waals surface area contributed by atoms with Crippen LogP contribution in [0.2, 0.25) is 0 Å². The Morgan fingerprint density at radius 1 is 0.871 bits per heavy atom. The normalized spacial score (nSPS) is 13.9. The Hall–Kier alpha value is -4.14. The van der Waals surface area contributed by atoms with E-state index in [2.05, 4.69) is 35.4 Å². The van der Waals surface area contributed by atoms with Gasteiger partial charge in [-0.1, -0.05) is 0 Å². The lowest BCUT2D eigenvalue weighted by atomic mass is 10.1. The lowest BCUT2D eigenvalue weighted by molar-refractivity contribution is 0.0746. The molecule has 1 amide bonds. The number of pyridine rings is 1. The molecule has 1 fully saturated rings. The maximum atomic E-state index is 12.9. The molecule has 1 N–H and O–H groups in total. The number of hydrogen-bond acceptors (Lipinski definition) is 8. The molecular formula is C22H20N8O. The van der Waals surface area contributed by atoms with E-state index in [1.807, 2.05) is 41.3 Å². The summed E-state index contributed by atoms with van der Waals surface area (Å²) in [5.74, 6) is 1.46. The van der Waals surface area contributed by atoms with Crippen LogP contribution in [0.5, 0.6) is 0 Å². The molecule has 31 heavy (non-hydrogen) atoms. The van der Waals surface area contributed by atoms with E-state index in [9.17, 15) is 4.79 Å². The number of carbonyl (C=O) groups excluding carboxylic acids is 1. The Morgan fingerprint density at radius 2 is 1.71 bits per heavy atom. The third-order valence-corrected chi connectivity index (χ3v) is 5.19. The average molecular weight is 412 g/mol. The number of hydrogen-bond donors (Lipinski definition) is 1. The summed E-state index contributed by atoms with van der Waals surface area (Å²) in [6, 6.07) is 13.1. The van der Waals surface area contributed by atoms with Gasteiger partial charge in [0, 0.05) is 50.3 Å². The molecule has 1 aromatic carbocycles. The van der Waals surface area contributed by atoms with E-state index in [1.165, 1.54) is 0 Å². The van der Waals surface area contributed by atoms with Crippen molar-refractivity contribution < 1.29 is 4.79 Å². The van der Waals surface area contributed by atoms with Crippen LogP contribution in [0.1, 0.15) is 10.4 Å². The molecule has 9 nitrogen and oxygen atoms in total. The summed E-state index contributed by atoms with van der Waals surface area (Å²) >= 11 is 0. The van der Waals surface area contributed by atoms with Crippen molar-refractivity contribution in [3.05, 3.63) is 72.8 Å². The maximum absolute atomic E-state index is 12.9. The first-order valence-corrected chi connectivity index (χ1v) is 10.0. The van der Waals surface area contributed by atoms with E-state index in [0.717, 1.165) is 22.5 Å². The Bertz CT molecular complexity index is 1190. The van der Waals surface area contributed by atoms with Gasteiger partial charge in [-0.25, -0.2) is 0 Å². The Labute approximate surface area is 178 Å². The Kier molecular flexibility index (Phi) is 5.05. The molecule has 1 aliphatic heterocycles. The van der Waals surface area contributed by atoms with Crippen molar-refractivity contribution in [1.82, 2.24) is 30.0 Å². The second kappa shape index (κ2) is 8.31. The highest BCUT2D eigenvalue weighted by Crippen LogP contribution is 2.19. The number of fused-ring (bicyclic) bond motifs is 1. The molecule has 0 saturated carbocycles. The van der Waals surface area contributed by atoms with Gasteiger partial charge in [0.25, 0.3) is 5.91 Å². The SMILES string of the molecule is O=C(c1ccc2nccnc2c1)N1CCN(c2ccc(Nc3cccnc3)nn2)CC1. The van der Waals surface area contributed by atoms with Gasteiger partial charge in [-0.2, -0.15) is 0 Å². The zero-order valence-electron chi connectivity index (χ0n) is 16.7. The fraction of sp³-hybridized carbons (Fsp3) is 0.182. The van der Waals surface area contributed by atoms with Crippen molar-refractivity contribution in [1.29, 1.82) is 0 Å². The number of piperazine rings is 1. The second-order valence-electron chi connectivity index (χ2n) is 7.18. The summed E-state index contributed by atoms with van der Waals surface area (Å²) < 4.78 is 0. The van der Waals surface area contributed by atoms with Crippen molar-refractivity contribution in [2.24, 2.45) is 0 Å². The van der Waals surface area contributed by atoms with Gasteiger partial charge >= 0.3 is 0 Å². The molecule has 1 saturated heterocycles. The summed E-state index contributed by atoms with van der Waals surface area (Å²) in [7, 11) is 0. The number of anilines is 3. The molecule has 0 atom stereocenters. The van der Waals surface area contributed by atoms with Crippen LogP contribution in [0.25, 0.3) is 11.0 Å². The molecule has 4 aromatic rings. The van der Waals surface area contributed by atoms with Gasteiger partial charge < -0.3 is 15.1 Å². The van der Waals surface area contributed by atoms with Crippen LogP contribution in [0.4, 0.5) is 17.3 Å². The van der Waals surface area contributed by atoms with Gasteiger partial charge in [-0.3, -0.25) is 19.7 Å². The number of aromatic nitrogens is 5. The quantitative estimate of drug-likeness (QED) is 0.546. The van der Waals surface area contributed by atoms with Gasteiger partial charge in [-0.15, -0.1) is 10.2 Å². The van der Waals surface area contributed by atoms with Crippen LogP contribution in [0.15, 0.2) is 67.3 Å². The fourth-order valence-corrected chi connectivity index (χ4v) is 3.56. The number of nitrogens with one attached hydrogen (secondary N) is 1. The predicted octanol–water partition coefficient (Wildman–Crippen LogP) is 2.52. The van der Waals surface area contributed by atoms with Gasteiger partial charge in [0.2, 0.25) is 0 Å². The minimum atomic E-state index is 0.00862. The highest BCUT2D eigenvalue weighted by molar-refractivity contribution is 5.97. The minimum Gasteiger partial charge on any atom is -0.352 e. The summed E-state index contributed by atoms with van der Waals surface area (Å²) in [5, 5.41) is 11.8. The van der Waals surface area contributed by atoms with Gasteiger partial charge in [0.05, 0.1) is 22.9 Å². The van der Waals surface area contributed by atoms with Crippen LogP contribution in [-0.2, 0) is 0 Å². The first-order chi connectivity index (χ1) is 15.3. The molecule has 154 valence electrons. The standard InChI is InChI=1S/C22H20N8O/c31-22(16-3-4-18-19(14-16)25-9-8-24-18)30-12-10-29(11-13-30)21-6-5-20(27-28-21)26-17-2-1-7-23-15-17/h1-9,14-15H,10-13H2,(H,26,27). The van der Waals surface area contributed by atoms with Crippen LogP contribution < -0.4 is 10.2 Å². The molecule has 5 rings (SSSR count). The number of benzene rings is 1. The summed E-state index contributed by atoms with van der Waals surface area (Å²) in [6.07, 6.45) is 6.73. The van der Waals surface area contributed by atoms with E-state index in [0.29, 0.717) is 37.6 Å². The molecular weight excluding hydrogens is 392 g/mol. The molecule has 4 heterocycles. The van der Waals surface area contributed by atoms with Gasteiger partial charge in [0.15, 0.2) is 11.6 Å². The topological polar surface area (TPSA) is 100 Å². The van der Waals surface area contributed by atoms with Crippen LogP contribution in [0, 0.1) is 0 Å². The Morgan fingerprint density at radius 3 is 2.45 bits per heavy atom. The lowest BCUT2D eigenvalue weighted by Crippen LogP contribution is -2.49. The van der Waals surface area contributed by atoms with Crippen LogP contribution in [-0.4, -0.2) is 62.1 Å². The van der Waals surface area contributed by atoms with E-state index in [1.54, 1.807) is 30.9 Å². The number of rotatable bonds is 4. The summed E-state index contributed by atoms with van der Waals surface area (Å²) in [4.78, 5) is 29.5. The fourth-order valence-electron chi connectivity index (χ4n) is 3.56. The highest BCUT2D eigenvalue weighted by atomic mass is 16.2. The maximum Gasteiger partial charge on any atom is 0.254 e. The van der Waals surface area contributed by atoms with E-state index < -0.39 is 0 Å². The zero-order valence-corrected chi connectivity index (χ0v) is 16.7. The molecule has 0 unspecified atom stereocenters. The smallest absolute Gasteiger partial charge is 0.254 e. The van der Waals surface area contributed by atoms with Crippen LogP contribution in [0.3, 0.4) is 0 Å². The molecule has 0 aliphatic carbocycles. The molecule has 0 spiro atoms. The summed E-state index contributed by atoms with van der Waals surface area (Å²) in [6.45, 7) is 2.63. The van der Waals surface area contributed by atoms with Crippen molar-refractivity contribution in [3.8, 4) is 0 Å². The lowest BCUT2D eigenvalue weighted by Gasteiger charge is -2.35. The first-order valence-electron chi connectivity index (χ1n) is 10.0. The predicted molar refractivity (Wildman–Crippen MR) is 117 cm³/mol. The molecule has 3 aromatic heterocycles.